The molecule has 0 fully saturated rings. The van der Waals surface area contributed by atoms with Crippen LogP contribution in [0.25, 0.3) is 11.3 Å². The average Bonchev–Trinajstić information content (AvgIpc) is 3.08. The highest BCUT2D eigenvalue weighted by Crippen LogP contribution is 2.38. The van der Waals surface area contributed by atoms with E-state index in [1.54, 1.807) is 29.5 Å². The summed E-state index contributed by atoms with van der Waals surface area (Å²) in [7, 11) is -0.882. The summed E-state index contributed by atoms with van der Waals surface area (Å²) in [6.07, 6.45) is 1.91. The van der Waals surface area contributed by atoms with Gasteiger partial charge >= 0.3 is 0 Å². The van der Waals surface area contributed by atoms with Gasteiger partial charge in [-0.15, -0.1) is 11.3 Å². The number of aromatic nitrogens is 1. The standard InChI is InChI=1S/C20H20N2O4S2/c1-12-21-20-16-10-14(6-4-13(16)5-8-18(20)27-12)22-28(23,24)19-9-7-15(25-2)11-17(19)26-3/h4,6-7,9-11,22H,5,8H2,1-3H3. The summed E-state index contributed by atoms with van der Waals surface area (Å²) < 4.78 is 39.0. The molecule has 0 saturated heterocycles. The van der Waals surface area contributed by atoms with Crippen LogP contribution >= 0.6 is 11.3 Å². The molecule has 0 bridgehead atoms. The first kappa shape index (κ1) is 18.8. The lowest BCUT2D eigenvalue weighted by Gasteiger charge is -2.17. The third kappa shape index (κ3) is 3.33. The molecule has 0 amide bonds. The lowest BCUT2D eigenvalue weighted by atomic mass is 9.93. The number of thiazole rings is 1. The first-order valence-electron chi connectivity index (χ1n) is 8.75. The Labute approximate surface area is 168 Å². The van der Waals surface area contributed by atoms with Crippen molar-refractivity contribution < 1.29 is 17.9 Å². The van der Waals surface area contributed by atoms with Gasteiger partial charge in [-0.1, -0.05) is 6.07 Å². The highest BCUT2D eigenvalue weighted by atomic mass is 32.2. The van der Waals surface area contributed by atoms with Gasteiger partial charge in [-0.3, -0.25) is 4.72 Å². The number of sulfonamides is 1. The van der Waals surface area contributed by atoms with Gasteiger partial charge in [0.05, 0.1) is 24.9 Å². The van der Waals surface area contributed by atoms with E-state index in [2.05, 4.69) is 9.71 Å². The predicted molar refractivity (Wildman–Crippen MR) is 110 cm³/mol. The molecule has 4 rings (SSSR count). The second kappa shape index (κ2) is 7.10. The first-order chi connectivity index (χ1) is 13.4. The molecule has 0 spiro atoms. The summed E-state index contributed by atoms with van der Waals surface area (Å²) >= 11 is 1.70. The Morgan fingerprint density at radius 3 is 2.64 bits per heavy atom. The van der Waals surface area contributed by atoms with Crippen molar-refractivity contribution in [3.05, 3.63) is 51.8 Å². The van der Waals surface area contributed by atoms with Crippen LogP contribution in [0, 0.1) is 6.92 Å². The Hall–Kier alpha value is -2.58. The summed E-state index contributed by atoms with van der Waals surface area (Å²) in [5, 5.41) is 1.02. The molecule has 0 unspecified atom stereocenters. The van der Waals surface area contributed by atoms with Crippen LogP contribution in [0.1, 0.15) is 15.4 Å². The summed E-state index contributed by atoms with van der Waals surface area (Å²) in [5.41, 5.74) is 3.64. The maximum Gasteiger partial charge on any atom is 0.265 e. The van der Waals surface area contributed by atoms with Crippen LogP contribution < -0.4 is 14.2 Å². The number of aryl methyl sites for hydroxylation is 3. The van der Waals surface area contributed by atoms with Gasteiger partial charge in [-0.25, -0.2) is 13.4 Å². The zero-order valence-electron chi connectivity index (χ0n) is 15.8. The van der Waals surface area contributed by atoms with Crippen LogP contribution in [0.2, 0.25) is 0 Å². The fourth-order valence-electron chi connectivity index (χ4n) is 3.38. The molecule has 1 aromatic heterocycles. The van der Waals surface area contributed by atoms with Gasteiger partial charge in [-0.2, -0.15) is 0 Å². The lowest BCUT2D eigenvalue weighted by molar-refractivity contribution is 0.386. The van der Waals surface area contributed by atoms with Gasteiger partial charge in [-0.05, 0) is 49.6 Å². The van der Waals surface area contributed by atoms with E-state index in [-0.39, 0.29) is 10.6 Å². The zero-order valence-corrected chi connectivity index (χ0v) is 17.4. The van der Waals surface area contributed by atoms with E-state index in [0.29, 0.717) is 11.4 Å². The SMILES string of the molecule is COc1ccc(S(=O)(=O)Nc2ccc3c(c2)-c2nc(C)sc2CC3)c(OC)c1. The van der Waals surface area contributed by atoms with Gasteiger partial charge in [0.25, 0.3) is 10.0 Å². The van der Waals surface area contributed by atoms with Crippen molar-refractivity contribution in [3.63, 3.8) is 0 Å². The van der Waals surface area contributed by atoms with Crippen LogP contribution in [-0.2, 0) is 22.9 Å². The molecule has 0 aliphatic heterocycles. The quantitative estimate of drug-likeness (QED) is 0.679. The molecular weight excluding hydrogens is 396 g/mol. The molecule has 1 heterocycles. The molecule has 1 N–H and O–H groups in total. The monoisotopic (exact) mass is 416 g/mol. The Balaban J connectivity index is 1.70. The number of hydrogen-bond donors (Lipinski definition) is 1. The third-order valence-electron chi connectivity index (χ3n) is 4.70. The van der Waals surface area contributed by atoms with Crippen LogP contribution in [0.5, 0.6) is 11.5 Å². The van der Waals surface area contributed by atoms with Crippen molar-refractivity contribution in [2.75, 3.05) is 18.9 Å². The number of nitrogens with zero attached hydrogens (tertiary/aromatic N) is 1. The fraction of sp³-hybridized carbons (Fsp3) is 0.250. The van der Waals surface area contributed by atoms with Crippen LogP contribution in [0.4, 0.5) is 5.69 Å². The normalized spacial score (nSPS) is 12.8. The molecule has 0 atom stereocenters. The van der Waals surface area contributed by atoms with Crippen molar-refractivity contribution in [3.8, 4) is 22.8 Å². The Kier molecular flexibility index (Phi) is 4.76. The molecule has 8 heteroatoms. The number of hydrogen-bond acceptors (Lipinski definition) is 6. The Morgan fingerprint density at radius 1 is 1.07 bits per heavy atom. The summed E-state index contributed by atoms with van der Waals surface area (Å²) in [4.78, 5) is 5.95. The minimum absolute atomic E-state index is 0.0544. The van der Waals surface area contributed by atoms with E-state index in [1.807, 2.05) is 19.1 Å². The van der Waals surface area contributed by atoms with Crippen LogP contribution in [0.15, 0.2) is 41.3 Å². The molecule has 2 aromatic carbocycles. The maximum atomic E-state index is 13.0. The summed E-state index contributed by atoms with van der Waals surface area (Å²) in [5.74, 6) is 0.748. The number of anilines is 1. The molecule has 3 aromatic rings. The summed E-state index contributed by atoms with van der Waals surface area (Å²) in [6.45, 7) is 1.99. The molecule has 1 aliphatic carbocycles. The average molecular weight is 417 g/mol. The van der Waals surface area contributed by atoms with Crippen LogP contribution in [0.3, 0.4) is 0 Å². The third-order valence-corrected chi connectivity index (χ3v) is 7.15. The molecule has 28 heavy (non-hydrogen) atoms. The number of benzene rings is 2. The van der Waals surface area contributed by atoms with Crippen molar-refractivity contribution in [2.24, 2.45) is 0 Å². The van der Waals surface area contributed by atoms with Gasteiger partial charge < -0.3 is 9.47 Å². The number of ether oxygens (including phenoxy) is 2. The highest BCUT2D eigenvalue weighted by Gasteiger charge is 2.23. The Bertz CT molecular complexity index is 1150. The summed E-state index contributed by atoms with van der Waals surface area (Å²) in [6, 6.07) is 10.2. The molecule has 0 radical (unpaired) electrons. The minimum Gasteiger partial charge on any atom is -0.497 e. The largest absolute Gasteiger partial charge is 0.497 e. The Morgan fingerprint density at radius 2 is 1.89 bits per heavy atom. The molecule has 6 nitrogen and oxygen atoms in total. The molecule has 0 saturated carbocycles. The topological polar surface area (TPSA) is 77.5 Å². The minimum atomic E-state index is -3.83. The number of fused-ring (bicyclic) bond motifs is 3. The number of nitrogens with one attached hydrogen (secondary N) is 1. The predicted octanol–water partition coefficient (Wildman–Crippen LogP) is 4.04. The van der Waals surface area contributed by atoms with E-state index in [9.17, 15) is 8.42 Å². The highest BCUT2D eigenvalue weighted by molar-refractivity contribution is 7.92. The van der Waals surface area contributed by atoms with E-state index < -0.39 is 10.0 Å². The second-order valence-corrected chi connectivity index (χ2v) is 9.44. The van der Waals surface area contributed by atoms with E-state index in [4.69, 9.17) is 9.47 Å². The number of rotatable bonds is 5. The maximum absolute atomic E-state index is 13.0. The van der Waals surface area contributed by atoms with Crippen molar-refractivity contribution >= 4 is 27.0 Å². The van der Waals surface area contributed by atoms with Gasteiger partial charge in [0.1, 0.15) is 16.4 Å². The molecule has 146 valence electrons. The van der Waals surface area contributed by atoms with Gasteiger partial charge in [0.15, 0.2) is 0 Å². The first-order valence-corrected chi connectivity index (χ1v) is 11.1. The number of methoxy groups -OCH3 is 2. The smallest absolute Gasteiger partial charge is 0.265 e. The van der Waals surface area contributed by atoms with Crippen molar-refractivity contribution in [2.45, 2.75) is 24.7 Å². The molecular formula is C20H20N2O4S2. The fourth-order valence-corrected chi connectivity index (χ4v) is 5.53. The van der Waals surface area contributed by atoms with Gasteiger partial charge in [0, 0.05) is 22.2 Å². The van der Waals surface area contributed by atoms with Crippen molar-refractivity contribution in [1.29, 1.82) is 0 Å². The van der Waals surface area contributed by atoms with E-state index >= 15 is 0 Å². The van der Waals surface area contributed by atoms with E-state index in [0.717, 1.165) is 29.1 Å². The zero-order chi connectivity index (χ0) is 19.9. The van der Waals surface area contributed by atoms with E-state index in [1.165, 1.54) is 30.7 Å². The van der Waals surface area contributed by atoms with Gasteiger partial charge in [0.2, 0.25) is 0 Å². The second-order valence-electron chi connectivity index (χ2n) is 6.50. The van der Waals surface area contributed by atoms with Crippen LogP contribution in [-0.4, -0.2) is 27.6 Å². The van der Waals surface area contributed by atoms with Crippen molar-refractivity contribution in [1.82, 2.24) is 4.98 Å². The lowest BCUT2D eigenvalue weighted by Crippen LogP contribution is -2.14. The molecule has 1 aliphatic rings.